The third kappa shape index (κ3) is 4.28. The molecule has 0 amide bonds. The van der Waals surface area contributed by atoms with E-state index in [-0.39, 0.29) is 10.8 Å². The van der Waals surface area contributed by atoms with Gasteiger partial charge in [0.05, 0.1) is 27.9 Å². The second kappa shape index (κ2) is 9.01. The van der Waals surface area contributed by atoms with Crippen molar-refractivity contribution in [2.75, 3.05) is 0 Å². The average molecular weight is 534 g/mol. The molecule has 3 heterocycles. The summed E-state index contributed by atoms with van der Waals surface area (Å²) in [4.78, 5) is 14.0. The molecule has 0 fully saturated rings. The first-order valence-corrected chi connectivity index (χ1v) is 14.4. The summed E-state index contributed by atoms with van der Waals surface area (Å²) in [5.74, 6) is 0. The van der Waals surface area contributed by atoms with Crippen LogP contribution in [0.25, 0.3) is 66.0 Å². The molecule has 0 unspecified atom stereocenters. The van der Waals surface area contributed by atoms with Crippen LogP contribution in [-0.2, 0) is 10.8 Å². The summed E-state index contributed by atoms with van der Waals surface area (Å²) in [7, 11) is 0. The van der Waals surface area contributed by atoms with Gasteiger partial charge in [0.15, 0.2) is 0 Å². The van der Waals surface area contributed by atoms with Crippen molar-refractivity contribution in [3.05, 3.63) is 108 Å². The smallest absolute Gasteiger partial charge is 0.0787 e. The summed E-state index contributed by atoms with van der Waals surface area (Å²) < 4.78 is 0. The predicted octanol–water partition coefficient (Wildman–Crippen LogP) is 10.3. The fourth-order valence-electron chi connectivity index (χ4n) is 5.90. The van der Waals surface area contributed by atoms with E-state index in [0.29, 0.717) is 0 Å². The van der Waals surface area contributed by atoms with Gasteiger partial charge in [0.2, 0.25) is 0 Å². The van der Waals surface area contributed by atoms with E-state index < -0.39 is 0 Å². The molecular weight excluding hydrogens is 498 g/mol. The molecule has 1 N–H and O–H groups in total. The number of aromatic amines is 1. The minimum atomic E-state index is -0.0263. The Bertz CT molecular complexity index is 2100. The zero-order valence-corrected chi connectivity index (χ0v) is 24.6. The number of aromatic nitrogens is 3. The van der Waals surface area contributed by atoms with E-state index in [2.05, 4.69) is 131 Å². The Labute approximate surface area is 241 Å². The van der Waals surface area contributed by atoms with Crippen LogP contribution in [0.4, 0.5) is 0 Å². The maximum atomic E-state index is 5.32. The van der Waals surface area contributed by atoms with Gasteiger partial charge in [-0.3, -0.25) is 4.98 Å². The van der Waals surface area contributed by atoms with Gasteiger partial charge in [-0.15, -0.1) is 0 Å². The second-order valence-electron chi connectivity index (χ2n) is 13.3. The number of hydrogen-bond donors (Lipinski definition) is 1. The van der Waals surface area contributed by atoms with Crippen molar-refractivity contribution in [1.29, 1.82) is 0 Å². The molecule has 0 saturated carbocycles. The maximum Gasteiger partial charge on any atom is 0.0787 e. The van der Waals surface area contributed by atoms with Crippen molar-refractivity contribution in [2.24, 2.45) is 0 Å². The van der Waals surface area contributed by atoms with Gasteiger partial charge in [0.25, 0.3) is 0 Å². The lowest BCUT2D eigenvalue weighted by Crippen LogP contribution is -2.11. The summed E-state index contributed by atoms with van der Waals surface area (Å²) in [6.45, 7) is 13.7. The van der Waals surface area contributed by atoms with Crippen LogP contribution >= 0.6 is 0 Å². The van der Waals surface area contributed by atoms with Crippen LogP contribution in [0.3, 0.4) is 0 Å². The summed E-state index contributed by atoms with van der Waals surface area (Å²) in [5, 5.41) is 5.99. The minimum absolute atomic E-state index is 0.00720. The van der Waals surface area contributed by atoms with Crippen LogP contribution in [0.2, 0.25) is 0 Å². The van der Waals surface area contributed by atoms with Crippen molar-refractivity contribution in [3.8, 4) is 22.5 Å². The Balaban J connectivity index is 1.60. The summed E-state index contributed by atoms with van der Waals surface area (Å²) in [6.07, 6.45) is 1.88. The van der Waals surface area contributed by atoms with Crippen molar-refractivity contribution in [3.63, 3.8) is 0 Å². The van der Waals surface area contributed by atoms with Crippen LogP contribution < -0.4 is 0 Å². The fraction of sp³-hybridized carbons (Fsp3) is 0.211. The predicted molar refractivity (Wildman–Crippen MR) is 175 cm³/mol. The van der Waals surface area contributed by atoms with E-state index in [4.69, 9.17) is 9.97 Å². The first-order valence-electron chi connectivity index (χ1n) is 14.4. The molecule has 3 nitrogen and oxygen atoms in total. The largest absolute Gasteiger partial charge is 0.353 e. The van der Waals surface area contributed by atoms with E-state index >= 15 is 0 Å². The molecule has 202 valence electrons. The highest BCUT2D eigenvalue weighted by molar-refractivity contribution is 6.16. The molecule has 0 radical (unpaired) electrons. The molecule has 7 aromatic rings. The standard InChI is InChI=1S/C38H35N3/c1-37(2,3)25-19-28-29-20-26(38(4,5)6)22-31(36(29)41-35(28)30(21-25)32-13-9-10-18-39-32)33-17-16-24-15-14-23-11-7-8-12-27(23)34(24)40-33/h7-22,41H,1-6H3. The number of benzene rings is 4. The van der Waals surface area contributed by atoms with E-state index in [1.54, 1.807) is 0 Å². The van der Waals surface area contributed by atoms with Gasteiger partial charge < -0.3 is 4.98 Å². The number of pyridine rings is 2. The summed E-state index contributed by atoms with van der Waals surface area (Å²) in [6, 6.07) is 32.8. The number of nitrogens with one attached hydrogen (secondary N) is 1. The SMILES string of the molecule is CC(C)(C)c1cc(-c2ccccn2)c2[nH]c3c(-c4ccc5ccc6ccccc6c5n4)cc(C(C)(C)C)cc3c2c1. The number of H-pyrrole nitrogens is 1. The molecule has 0 atom stereocenters. The molecule has 0 spiro atoms. The highest BCUT2D eigenvalue weighted by atomic mass is 14.8. The Kier molecular flexibility index (Phi) is 5.59. The topological polar surface area (TPSA) is 41.6 Å². The van der Waals surface area contributed by atoms with Crippen LogP contribution in [0.15, 0.2) is 97.2 Å². The molecule has 0 bridgehead atoms. The van der Waals surface area contributed by atoms with Crippen LogP contribution in [0.1, 0.15) is 52.7 Å². The third-order valence-electron chi connectivity index (χ3n) is 8.35. The maximum absolute atomic E-state index is 5.32. The molecule has 3 heteroatoms. The first kappa shape index (κ1) is 25.5. The molecule has 0 aliphatic carbocycles. The first-order chi connectivity index (χ1) is 19.6. The van der Waals surface area contributed by atoms with Crippen LogP contribution in [0.5, 0.6) is 0 Å². The number of nitrogens with zero attached hydrogens (tertiary/aromatic N) is 2. The molecule has 0 saturated heterocycles. The van der Waals surface area contributed by atoms with Crippen LogP contribution in [-0.4, -0.2) is 15.0 Å². The van der Waals surface area contributed by atoms with Crippen molar-refractivity contribution in [2.45, 2.75) is 52.4 Å². The quantitative estimate of drug-likeness (QED) is 0.225. The Morgan fingerprint density at radius 1 is 0.537 bits per heavy atom. The average Bonchev–Trinajstić information content (AvgIpc) is 3.34. The van der Waals surface area contributed by atoms with Gasteiger partial charge in [0, 0.05) is 38.9 Å². The summed E-state index contributed by atoms with van der Waals surface area (Å²) >= 11 is 0. The van der Waals surface area contributed by atoms with Gasteiger partial charge in [-0.25, -0.2) is 4.98 Å². The zero-order chi connectivity index (χ0) is 28.5. The lowest BCUT2D eigenvalue weighted by molar-refractivity contribution is 0.590. The minimum Gasteiger partial charge on any atom is -0.353 e. The highest BCUT2D eigenvalue weighted by Gasteiger charge is 2.23. The molecule has 41 heavy (non-hydrogen) atoms. The Morgan fingerprint density at radius 2 is 1.12 bits per heavy atom. The molecule has 0 aliphatic rings. The number of rotatable bonds is 2. The van der Waals surface area contributed by atoms with Crippen molar-refractivity contribution in [1.82, 2.24) is 15.0 Å². The van der Waals surface area contributed by atoms with E-state index in [1.807, 2.05) is 12.3 Å². The summed E-state index contributed by atoms with van der Waals surface area (Å²) in [5.41, 5.74) is 10.0. The number of fused-ring (bicyclic) bond motifs is 6. The highest BCUT2D eigenvalue weighted by Crippen LogP contribution is 2.42. The van der Waals surface area contributed by atoms with Gasteiger partial charge in [-0.1, -0.05) is 90.1 Å². The molecule has 0 aliphatic heterocycles. The molecular formula is C38H35N3. The fourth-order valence-corrected chi connectivity index (χ4v) is 5.90. The second-order valence-corrected chi connectivity index (χ2v) is 13.3. The van der Waals surface area contributed by atoms with Gasteiger partial charge in [0.1, 0.15) is 0 Å². The van der Waals surface area contributed by atoms with Crippen LogP contribution in [0, 0.1) is 0 Å². The van der Waals surface area contributed by atoms with E-state index in [9.17, 15) is 0 Å². The van der Waals surface area contributed by atoms with Gasteiger partial charge in [-0.05, 0) is 69.8 Å². The van der Waals surface area contributed by atoms with E-state index in [0.717, 1.165) is 44.5 Å². The van der Waals surface area contributed by atoms with Gasteiger partial charge >= 0.3 is 0 Å². The third-order valence-corrected chi connectivity index (χ3v) is 8.35. The van der Waals surface area contributed by atoms with E-state index in [1.165, 1.54) is 32.7 Å². The molecule has 4 aromatic carbocycles. The lowest BCUT2D eigenvalue weighted by Gasteiger charge is -2.21. The Hall–Kier alpha value is -4.50. The number of hydrogen-bond acceptors (Lipinski definition) is 2. The molecule has 3 aromatic heterocycles. The molecule has 7 rings (SSSR count). The lowest BCUT2D eigenvalue weighted by atomic mass is 9.83. The monoisotopic (exact) mass is 533 g/mol. The van der Waals surface area contributed by atoms with Crippen molar-refractivity contribution >= 4 is 43.5 Å². The normalized spacial score (nSPS) is 12.6. The zero-order valence-electron chi connectivity index (χ0n) is 24.6. The van der Waals surface area contributed by atoms with Gasteiger partial charge in [-0.2, -0.15) is 0 Å². The Morgan fingerprint density at radius 3 is 1.76 bits per heavy atom. The van der Waals surface area contributed by atoms with Crippen molar-refractivity contribution < 1.29 is 0 Å².